The van der Waals surface area contributed by atoms with Crippen LogP contribution in [0, 0.1) is 5.92 Å². The number of hydrogen-bond acceptors (Lipinski definition) is 11. The highest BCUT2D eigenvalue weighted by Gasteiger charge is 2.46. The molecule has 8 rings (SSSR count). The summed E-state index contributed by atoms with van der Waals surface area (Å²) in [5, 5.41) is 16.8. The molecule has 2 aromatic carbocycles. The lowest BCUT2D eigenvalue weighted by Gasteiger charge is -2.36. The number of anilines is 2. The van der Waals surface area contributed by atoms with Crippen molar-refractivity contribution in [3.05, 3.63) is 99.5 Å². The number of benzene rings is 2. The van der Waals surface area contributed by atoms with Crippen molar-refractivity contribution in [2.24, 2.45) is 5.92 Å². The van der Waals surface area contributed by atoms with Gasteiger partial charge in [-0.1, -0.05) is 48.5 Å². The third kappa shape index (κ3) is 7.51. The summed E-state index contributed by atoms with van der Waals surface area (Å²) in [6.45, 7) is 4.78. The summed E-state index contributed by atoms with van der Waals surface area (Å²) in [7, 11) is 0. The predicted octanol–water partition coefficient (Wildman–Crippen LogP) is 4.98. The fourth-order valence-corrected chi connectivity index (χ4v) is 7.88. The summed E-state index contributed by atoms with van der Waals surface area (Å²) >= 11 is 12.7. The quantitative estimate of drug-likeness (QED) is 0.182. The van der Waals surface area contributed by atoms with E-state index in [1.54, 1.807) is 40.0 Å². The second kappa shape index (κ2) is 15.2. The summed E-state index contributed by atoms with van der Waals surface area (Å²) in [5.74, 6) is 0.858. The first kappa shape index (κ1) is 34.6. The molecule has 5 aromatic rings. The van der Waals surface area contributed by atoms with Gasteiger partial charge >= 0.3 is 5.69 Å². The molecule has 52 heavy (non-hydrogen) atoms. The van der Waals surface area contributed by atoms with Gasteiger partial charge in [0.1, 0.15) is 43.5 Å². The fourth-order valence-electron chi connectivity index (χ4n) is 7.33. The minimum absolute atomic E-state index is 0.0735. The molecule has 2 saturated heterocycles. The van der Waals surface area contributed by atoms with Crippen molar-refractivity contribution in [1.29, 1.82) is 0 Å². The van der Waals surface area contributed by atoms with Gasteiger partial charge in [-0.15, -0.1) is 5.10 Å². The summed E-state index contributed by atoms with van der Waals surface area (Å²) < 4.78 is 23.5. The molecule has 2 aliphatic heterocycles. The molecule has 3 fully saturated rings. The minimum atomic E-state index is -1.21. The van der Waals surface area contributed by atoms with Crippen LogP contribution in [-0.4, -0.2) is 85.0 Å². The second-order valence-electron chi connectivity index (χ2n) is 13.6. The zero-order valence-corrected chi connectivity index (χ0v) is 30.1. The van der Waals surface area contributed by atoms with Crippen molar-refractivity contribution < 1.29 is 14.2 Å². The van der Waals surface area contributed by atoms with E-state index in [9.17, 15) is 4.79 Å². The van der Waals surface area contributed by atoms with Gasteiger partial charge in [0.25, 0.3) is 0 Å². The van der Waals surface area contributed by atoms with Crippen LogP contribution in [0.1, 0.15) is 37.7 Å². The van der Waals surface area contributed by atoms with Gasteiger partial charge in [0, 0.05) is 49.0 Å². The molecular formula is C36H40Cl2N10O4. The second-order valence-corrected chi connectivity index (χ2v) is 14.4. The van der Waals surface area contributed by atoms with Crippen LogP contribution in [0.3, 0.4) is 0 Å². The highest BCUT2D eigenvalue weighted by Crippen LogP contribution is 2.40. The van der Waals surface area contributed by atoms with E-state index in [-0.39, 0.29) is 31.6 Å². The summed E-state index contributed by atoms with van der Waals surface area (Å²) in [6.07, 6.45) is 10.6. The van der Waals surface area contributed by atoms with E-state index in [4.69, 9.17) is 42.4 Å². The molecule has 272 valence electrons. The Balaban J connectivity index is 0.833. The summed E-state index contributed by atoms with van der Waals surface area (Å²) in [6, 6.07) is 17.3. The van der Waals surface area contributed by atoms with Crippen molar-refractivity contribution in [1.82, 2.24) is 39.5 Å². The Kier molecular flexibility index (Phi) is 10.1. The topological polar surface area (TPSA) is 130 Å². The SMILES string of the molecule is O=c1n(-c2ccc(N3CCN(c4ccc(OC[C@@H]5CO[C@@](Cn6cnnn6)(c6ccc(Cl)cc6Cl)O5)cn4)CC3)cc2)cnn1CC1CCCCC1. The van der Waals surface area contributed by atoms with Crippen LogP contribution in [-0.2, 0) is 28.4 Å². The summed E-state index contributed by atoms with van der Waals surface area (Å²) in [4.78, 5) is 22.4. The number of ether oxygens (including phenoxy) is 3. The molecule has 1 saturated carbocycles. The standard InChI is InChI=1S/C36H40Cl2N10O4/c37-27-6-12-32(33(38)18-27)36(23-46-24-40-42-43-46)51-22-31(52-36)21-50-30-11-13-34(39-19-30)45-16-14-44(15-17-45)28-7-9-29(10-8-28)47-25-41-48(35(47)49)20-26-4-2-1-3-5-26/h6-13,18-19,24-26,31H,1-5,14-17,20-23H2/t31-,36-/m1/s1. The van der Waals surface area contributed by atoms with Gasteiger partial charge in [-0.05, 0) is 77.7 Å². The van der Waals surface area contributed by atoms with Crippen LogP contribution < -0.4 is 20.2 Å². The Morgan fingerprint density at radius 2 is 1.69 bits per heavy atom. The number of nitrogens with zero attached hydrogens (tertiary/aromatic N) is 10. The van der Waals surface area contributed by atoms with E-state index in [0.717, 1.165) is 43.4 Å². The monoisotopic (exact) mass is 746 g/mol. The molecule has 0 amide bonds. The van der Waals surface area contributed by atoms with E-state index in [1.165, 1.54) is 43.1 Å². The maximum atomic E-state index is 13.1. The number of halogens is 2. The number of piperazine rings is 1. The summed E-state index contributed by atoms with van der Waals surface area (Å²) in [5.41, 5.74) is 2.51. The maximum Gasteiger partial charge on any atom is 0.350 e. The number of tetrazole rings is 1. The Bertz CT molecular complexity index is 1990. The first-order chi connectivity index (χ1) is 25.4. The van der Waals surface area contributed by atoms with E-state index in [1.807, 2.05) is 24.3 Å². The smallest absolute Gasteiger partial charge is 0.350 e. The molecule has 3 aromatic heterocycles. The van der Waals surface area contributed by atoms with Crippen LogP contribution in [0.4, 0.5) is 11.5 Å². The number of pyridine rings is 1. The lowest BCUT2D eigenvalue weighted by atomic mass is 9.89. The minimum Gasteiger partial charge on any atom is -0.489 e. The number of rotatable bonds is 11. The third-order valence-corrected chi connectivity index (χ3v) is 10.7. The van der Waals surface area contributed by atoms with Crippen molar-refractivity contribution in [3.8, 4) is 11.4 Å². The van der Waals surface area contributed by atoms with Gasteiger partial charge in [-0.2, -0.15) is 5.10 Å². The average Bonchev–Trinajstić information content (AvgIpc) is 3.93. The number of hydrogen-bond donors (Lipinski definition) is 0. The van der Waals surface area contributed by atoms with Crippen molar-refractivity contribution in [2.45, 2.75) is 57.1 Å². The Morgan fingerprint density at radius 3 is 2.42 bits per heavy atom. The van der Waals surface area contributed by atoms with Gasteiger partial charge in [0.2, 0.25) is 5.79 Å². The average molecular weight is 748 g/mol. The highest BCUT2D eigenvalue weighted by atomic mass is 35.5. The van der Waals surface area contributed by atoms with Crippen molar-refractivity contribution in [2.75, 3.05) is 49.2 Å². The van der Waals surface area contributed by atoms with Gasteiger partial charge in [0.15, 0.2) is 0 Å². The van der Waals surface area contributed by atoms with Gasteiger partial charge in [-0.3, -0.25) is 0 Å². The lowest BCUT2D eigenvalue weighted by Crippen LogP contribution is -2.46. The van der Waals surface area contributed by atoms with Crippen molar-refractivity contribution in [3.63, 3.8) is 0 Å². The lowest BCUT2D eigenvalue weighted by molar-refractivity contribution is -0.190. The van der Waals surface area contributed by atoms with Gasteiger partial charge < -0.3 is 24.0 Å². The Morgan fingerprint density at radius 1 is 0.904 bits per heavy atom. The molecule has 5 heterocycles. The van der Waals surface area contributed by atoms with Crippen LogP contribution in [0.5, 0.6) is 5.75 Å². The molecule has 0 radical (unpaired) electrons. The van der Waals surface area contributed by atoms with E-state index in [0.29, 0.717) is 33.8 Å². The van der Waals surface area contributed by atoms with Crippen LogP contribution in [0.2, 0.25) is 10.0 Å². The normalized spacial score (nSPS) is 21.2. The first-order valence-corrected chi connectivity index (χ1v) is 18.5. The maximum absolute atomic E-state index is 13.1. The van der Waals surface area contributed by atoms with E-state index in [2.05, 4.69) is 42.6 Å². The Hall–Kier alpha value is -4.50. The first-order valence-electron chi connectivity index (χ1n) is 17.7. The van der Waals surface area contributed by atoms with Gasteiger partial charge in [0.05, 0.1) is 23.5 Å². The largest absolute Gasteiger partial charge is 0.489 e. The molecule has 0 N–H and O–H groups in total. The van der Waals surface area contributed by atoms with Crippen LogP contribution in [0.25, 0.3) is 5.69 Å². The molecule has 14 nitrogen and oxygen atoms in total. The molecule has 0 spiro atoms. The highest BCUT2D eigenvalue weighted by molar-refractivity contribution is 6.35. The van der Waals surface area contributed by atoms with Crippen LogP contribution in [0.15, 0.2) is 78.2 Å². The zero-order valence-electron chi connectivity index (χ0n) is 28.6. The molecule has 2 atom stereocenters. The Labute approximate surface area is 310 Å². The molecule has 16 heteroatoms. The van der Waals surface area contributed by atoms with Crippen molar-refractivity contribution >= 4 is 34.7 Å². The molecule has 1 aliphatic carbocycles. The van der Waals surface area contributed by atoms with Crippen LogP contribution >= 0.6 is 23.2 Å². The predicted molar refractivity (Wildman–Crippen MR) is 195 cm³/mol. The molecular weight excluding hydrogens is 707 g/mol. The van der Waals surface area contributed by atoms with Gasteiger partial charge in [-0.25, -0.2) is 23.7 Å². The van der Waals surface area contributed by atoms with E-state index >= 15 is 0 Å². The molecule has 0 bridgehead atoms. The fraction of sp³-hybridized carbons (Fsp3) is 0.444. The van der Waals surface area contributed by atoms with E-state index < -0.39 is 5.79 Å². The zero-order chi connectivity index (χ0) is 35.5. The number of aromatic nitrogens is 8. The third-order valence-electron chi connectivity index (χ3n) is 10.1. The molecule has 3 aliphatic rings. The molecule has 0 unspecified atom stereocenters.